The number of thioether (sulfide) groups is 1. The molecular weight excluding hydrogens is 442 g/mol. The molecule has 0 unspecified atom stereocenters. The van der Waals surface area contributed by atoms with Crippen LogP contribution in [0.15, 0.2) is 41.3 Å². The van der Waals surface area contributed by atoms with Crippen molar-refractivity contribution in [1.29, 1.82) is 0 Å². The van der Waals surface area contributed by atoms with Gasteiger partial charge in [0.15, 0.2) is 0 Å². The molecule has 0 spiro atoms. The summed E-state index contributed by atoms with van der Waals surface area (Å²) < 4.78 is 0. The number of imide groups is 1. The van der Waals surface area contributed by atoms with E-state index in [2.05, 4.69) is 11.4 Å². The zero-order chi connectivity index (χ0) is 22.0. The van der Waals surface area contributed by atoms with Gasteiger partial charge < -0.3 is 5.11 Å². The molecule has 4 saturated carbocycles. The lowest BCUT2D eigenvalue weighted by molar-refractivity contribution is -0.115. The van der Waals surface area contributed by atoms with Crippen molar-refractivity contribution in [2.45, 2.75) is 43.9 Å². The zero-order valence-electron chi connectivity index (χ0n) is 17.6. The first-order chi connectivity index (χ1) is 15.4. The molecule has 164 valence electrons. The van der Waals surface area contributed by atoms with Crippen LogP contribution in [-0.2, 0) is 10.2 Å². The summed E-state index contributed by atoms with van der Waals surface area (Å²) in [5.41, 5.74) is 3.87. The molecule has 4 bridgehead atoms. The lowest BCUT2D eigenvalue weighted by atomic mass is 9.48. The second-order valence-electron chi connectivity index (χ2n) is 10.0. The van der Waals surface area contributed by atoms with Crippen LogP contribution in [0.1, 0.15) is 49.7 Å². The van der Waals surface area contributed by atoms with Crippen molar-refractivity contribution in [2.24, 2.45) is 17.8 Å². The molecule has 0 radical (unpaired) electrons. The molecule has 5 aliphatic rings. The monoisotopic (exact) mass is 465 g/mol. The number of carbonyl (C=O) groups excluding carboxylic acids is 2. The summed E-state index contributed by atoms with van der Waals surface area (Å²) in [7, 11) is 0. The number of rotatable bonds is 3. The molecule has 2 N–H and O–H groups in total. The fourth-order valence-electron chi connectivity index (χ4n) is 7.00. The van der Waals surface area contributed by atoms with Crippen LogP contribution in [-0.4, -0.2) is 16.3 Å². The Morgan fingerprint density at radius 2 is 1.69 bits per heavy atom. The third-order valence-electron chi connectivity index (χ3n) is 7.85. The van der Waals surface area contributed by atoms with E-state index in [0.717, 1.165) is 51.8 Å². The highest BCUT2D eigenvalue weighted by Gasteiger charge is 2.52. The lowest BCUT2D eigenvalue weighted by Gasteiger charge is -2.57. The Morgan fingerprint density at radius 1 is 1.00 bits per heavy atom. The van der Waals surface area contributed by atoms with Crippen molar-refractivity contribution >= 4 is 40.6 Å². The Kier molecular flexibility index (Phi) is 4.71. The number of phenols is 1. The van der Waals surface area contributed by atoms with Crippen molar-refractivity contribution in [2.75, 3.05) is 0 Å². The van der Waals surface area contributed by atoms with Gasteiger partial charge in [0.05, 0.1) is 4.91 Å². The van der Waals surface area contributed by atoms with Crippen molar-refractivity contribution < 1.29 is 14.7 Å². The van der Waals surface area contributed by atoms with E-state index in [-0.39, 0.29) is 16.6 Å². The normalized spacial score (nSPS) is 32.0. The quantitative estimate of drug-likeness (QED) is 0.507. The third kappa shape index (κ3) is 3.37. The summed E-state index contributed by atoms with van der Waals surface area (Å²) in [6.07, 6.45) is 9.34. The van der Waals surface area contributed by atoms with E-state index in [1.807, 2.05) is 30.3 Å². The van der Waals surface area contributed by atoms with Crippen LogP contribution < -0.4 is 5.32 Å². The minimum atomic E-state index is -0.376. The summed E-state index contributed by atoms with van der Waals surface area (Å²) in [6.45, 7) is 0. The summed E-state index contributed by atoms with van der Waals surface area (Å²) >= 11 is 7.56. The highest BCUT2D eigenvalue weighted by atomic mass is 35.5. The molecule has 1 aliphatic heterocycles. The van der Waals surface area contributed by atoms with Gasteiger partial charge in [-0.25, -0.2) is 0 Å². The largest absolute Gasteiger partial charge is 0.508 e. The van der Waals surface area contributed by atoms with E-state index in [1.165, 1.54) is 38.5 Å². The van der Waals surface area contributed by atoms with Gasteiger partial charge in [-0.2, -0.15) is 0 Å². The average molecular weight is 466 g/mol. The molecule has 1 heterocycles. The number of hydrogen-bond donors (Lipinski definition) is 2. The van der Waals surface area contributed by atoms with E-state index < -0.39 is 0 Å². The Bertz CT molecular complexity index is 1150. The standard InChI is InChI=1S/C26H24ClNO3S/c27-21-8-14(9-23-24(30)28-25(31)32-23)1-3-19(21)18-2-4-22(29)20(10-18)26-11-15-5-16(12-26)7-17(6-15)13-26/h1-4,8-10,15-17,29H,5-7,11-13H2,(H,28,30,31)/b23-9+. The topological polar surface area (TPSA) is 66.4 Å². The first-order valence-corrected chi connectivity index (χ1v) is 12.5. The van der Waals surface area contributed by atoms with E-state index in [1.54, 1.807) is 6.08 Å². The highest BCUT2D eigenvalue weighted by Crippen LogP contribution is 2.62. The molecule has 4 nitrogen and oxygen atoms in total. The van der Waals surface area contributed by atoms with Crippen LogP contribution in [0.5, 0.6) is 5.75 Å². The summed E-state index contributed by atoms with van der Waals surface area (Å²) in [5.74, 6) is 2.44. The third-order valence-corrected chi connectivity index (χ3v) is 8.97. The minimum Gasteiger partial charge on any atom is -0.508 e. The number of hydrogen-bond acceptors (Lipinski definition) is 4. The van der Waals surface area contributed by atoms with Gasteiger partial charge in [0, 0.05) is 16.1 Å². The fraction of sp³-hybridized carbons (Fsp3) is 0.385. The number of halogens is 1. The summed E-state index contributed by atoms with van der Waals surface area (Å²) in [5, 5.41) is 13.3. The number of aromatic hydroxyl groups is 1. The Morgan fingerprint density at radius 3 is 2.28 bits per heavy atom. The van der Waals surface area contributed by atoms with Gasteiger partial charge in [-0.1, -0.05) is 29.8 Å². The molecule has 7 rings (SSSR count). The van der Waals surface area contributed by atoms with Crippen LogP contribution in [0.3, 0.4) is 0 Å². The van der Waals surface area contributed by atoms with Crippen molar-refractivity contribution in [3.8, 4) is 16.9 Å². The van der Waals surface area contributed by atoms with Gasteiger partial charge in [-0.15, -0.1) is 0 Å². The number of nitrogens with one attached hydrogen (secondary N) is 1. The molecule has 1 saturated heterocycles. The number of benzene rings is 2. The van der Waals surface area contributed by atoms with E-state index in [0.29, 0.717) is 15.7 Å². The van der Waals surface area contributed by atoms with Crippen molar-refractivity contribution in [3.63, 3.8) is 0 Å². The molecule has 4 aliphatic carbocycles. The SMILES string of the molecule is O=C1NC(=O)/C(=C\c2ccc(-c3ccc(O)c(C45CC6CC(CC(C6)C4)C5)c3)c(Cl)c2)S1. The van der Waals surface area contributed by atoms with Gasteiger partial charge in [-0.3, -0.25) is 14.9 Å². The van der Waals surface area contributed by atoms with Crippen LogP contribution in [0, 0.1) is 17.8 Å². The summed E-state index contributed by atoms with van der Waals surface area (Å²) in [6, 6.07) is 11.6. The van der Waals surface area contributed by atoms with Crippen LogP contribution in [0.4, 0.5) is 4.79 Å². The molecule has 0 atom stereocenters. The highest BCUT2D eigenvalue weighted by molar-refractivity contribution is 8.18. The predicted octanol–water partition coefficient (Wildman–Crippen LogP) is 6.50. The Hall–Kier alpha value is -2.24. The van der Waals surface area contributed by atoms with E-state index >= 15 is 0 Å². The van der Waals surface area contributed by atoms with E-state index in [4.69, 9.17) is 11.6 Å². The Labute approximate surface area is 196 Å². The maximum atomic E-state index is 11.8. The van der Waals surface area contributed by atoms with Gasteiger partial charge >= 0.3 is 0 Å². The number of phenolic OH excluding ortho intramolecular Hbond substituents is 1. The molecule has 2 aromatic rings. The van der Waals surface area contributed by atoms with Crippen LogP contribution in [0.2, 0.25) is 5.02 Å². The first kappa shape index (κ1) is 20.4. The average Bonchev–Trinajstić information content (AvgIpc) is 3.04. The van der Waals surface area contributed by atoms with Crippen molar-refractivity contribution in [1.82, 2.24) is 5.32 Å². The van der Waals surface area contributed by atoms with E-state index in [9.17, 15) is 14.7 Å². The maximum Gasteiger partial charge on any atom is 0.290 e. The second-order valence-corrected chi connectivity index (χ2v) is 11.4. The maximum absolute atomic E-state index is 11.8. The second kappa shape index (κ2) is 7.39. The summed E-state index contributed by atoms with van der Waals surface area (Å²) in [4.78, 5) is 23.6. The minimum absolute atomic E-state index is 0.102. The van der Waals surface area contributed by atoms with Crippen LogP contribution in [0.25, 0.3) is 17.2 Å². The molecule has 32 heavy (non-hydrogen) atoms. The first-order valence-electron chi connectivity index (χ1n) is 11.3. The van der Waals surface area contributed by atoms with Crippen LogP contribution >= 0.6 is 23.4 Å². The molecule has 2 aromatic carbocycles. The molecule has 5 fully saturated rings. The van der Waals surface area contributed by atoms with Gasteiger partial charge in [0.2, 0.25) is 0 Å². The number of carbonyl (C=O) groups is 2. The molecule has 6 heteroatoms. The number of amides is 2. The van der Waals surface area contributed by atoms with Gasteiger partial charge in [-0.05, 0) is 109 Å². The predicted molar refractivity (Wildman–Crippen MR) is 128 cm³/mol. The van der Waals surface area contributed by atoms with Gasteiger partial charge in [0.1, 0.15) is 5.75 Å². The zero-order valence-corrected chi connectivity index (χ0v) is 19.1. The smallest absolute Gasteiger partial charge is 0.290 e. The van der Waals surface area contributed by atoms with Crippen molar-refractivity contribution in [3.05, 3.63) is 57.5 Å². The fourth-order valence-corrected chi connectivity index (χ4v) is 7.98. The molecular formula is C26H24ClNO3S. The molecule has 0 aromatic heterocycles. The molecule has 2 amide bonds. The Balaban J connectivity index is 1.35. The van der Waals surface area contributed by atoms with Gasteiger partial charge in [0.25, 0.3) is 11.1 Å². The lowest BCUT2D eigenvalue weighted by Crippen LogP contribution is -2.48.